The van der Waals surface area contributed by atoms with E-state index < -0.39 is 21.3 Å². The fourth-order valence-corrected chi connectivity index (χ4v) is 4.51. The van der Waals surface area contributed by atoms with Crippen LogP contribution in [0.4, 0.5) is 5.69 Å². The highest BCUT2D eigenvalue weighted by Gasteiger charge is 2.36. The van der Waals surface area contributed by atoms with E-state index in [1.807, 2.05) is 12.1 Å². The summed E-state index contributed by atoms with van der Waals surface area (Å²) >= 11 is 0. The number of amides is 1. The Kier molecular flexibility index (Phi) is 4.61. The molecular formula is C17H21N3O3S. The lowest BCUT2D eigenvalue weighted by Gasteiger charge is -2.21. The molecule has 2 fully saturated rings. The highest BCUT2D eigenvalue weighted by molar-refractivity contribution is 7.90. The van der Waals surface area contributed by atoms with E-state index in [0.717, 1.165) is 31.2 Å². The zero-order chi connectivity index (χ0) is 17.2. The third-order valence-corrected chi connectivity index (χ3v) is 6.69. The van der Waals surface area contributed by atoms with Gasteiger partial charge in [0.05, 0.1) is 23.3 Å². The summed E-state index contributed by atoms with van der Waals surface area (Å²) in [6.07, 6.45) is 5.20. The first-order chi connectivity index (χ1) is 11.5. The molecule has 0 heterocycles. The lowest BCUT2D eigenvalue weighted by atomic mass is 9.80. The van der Waals surface area contributed by atoms with Gasteiger partial charge in [-0.3, -0.25) is 4.79 Å². The molecule has 0 saturated heterocycles. The predicted octanol–water partition coefficient (Wildman–Crippen LogP) is 2.04. The number of rotatable bonds is 6. The molecule has 0 atom stereocenters. The fraction of sp³-hybridized carbons (Fsp3) is 0.529. The molecule has 7 heteroatoms. The number of nitriles is 1. The second-order valence-electron chi connectivity index (χ2n) is 6.59. The Morgan fingerprint density at radius 1 is 1.21 bits per heavy atom. The Balaban J connectivity index is 1.58. The SMILES string of the molecule is N#CC1(c2ccc(NC(=O)CNS(=O)(=O)C3CC3)cc2)CCCC1. The fourth-order valence-electron chi connectivity index (χ4n) is 3.18. The summed E-state index contributed by atoms with van der Waals surface area (Å²) in [5.74, 6) is -0.400. The number of hydrogen-bond donors (Lipinski definition) is 2. The number of nitrogens with zero attached hydrogens (tertiary/aromatic N) is 1. The van der Waals surface area contributed by atoms with E-state index in [9.17, 15) is 18.5 Å². The normalized spacial score (nSPS) is 19.6. The van der Waals surface area contributed by atoms with E-state index in [0.29, 0.717) is 18.5 Å². The number of benzene rings is 1. The monoisotopic (exact) mass is 347 g/mol. The lowest BCUT2D eigenvalue weighted by molar-refractivity contribution is -0.115. The summed E-state index contributed by atoms with van der Waals surface area (Å²) in [6.45, 7) is -0.261. The van der Waals surface area contributed by atoms with Crippen LogP contribution in [0.25, 0.3) is 0 Å². The molecule has 0 aliphatic heterocycles. The third-order valence-electron chi connectivity index (χ3n) is 4.79. The molecule has 0 spiro atoms. The Morgan fingerprint density at radius 3 is 2.38 bits per heavy atom. The highest BCUT2D eigenvalue weighted by atomic mass is 32.2. The van der Waals surface area contributed by atoms with Crippen molar-refractivity contribution in [3.05, 3.63) is 29.8 Å². The molecular weight excluding hydrogens is 326 g/mol. The topological polar surface area (TPSA) is 99.1 Å². The Labute approximate surface area is 142 Å². The second-order valence-corrected chi connectivity index (χ2v) is 8.64. The standard InChI is InChI=1S/C17H21N3O3S/c18-12-17(9-1-2-10-17)13-3-5-14(6-4-13)20-16(21)11-19-24(22,23)15-7-8-15/h3-6,15,19H,1-2,7-11H2,(H,20,21). The van der Waals surface area contributed by atoms with Gasteiger partial charge in [0.15, 0.2) is 0 Å². The first-order valence-corrected chi connectivity index (χ1v) is 9.80. The van der Waals surface area contributed by atoms with Crippen molar-refractivity contribution in [2.75, 3.05) is 11.9 Å². The van der Waals surface area contributed by atoms with Crippen molar-refractivity contribution >= 4 is 21.6 Å². The van der Waals surface area contributed by atoms with E-state index >= 15 is 0 Å². The van der Waals surface area contributed by atoms with Crippen molar-refractivity contribution < 1.29 is 13.2 Å². The number of nitrogens with one attached hydrogen (secondary N) is 2. The van der Waals surface area contributed by atoms with Gasteiger partial charge in [0, 0.05) is 5.69 Å². The van der Waals surface area contributed by atoms with Crippen molar-refractivity contribution in [2.45, 2.75) is 49.2 Å². The summed E-state index contributed by atoms with van der Waals surface area (Å²) in [7, 11) is -3.35. The lowest BCUT2D eigenvalue weighted by Crippen LogP contribution is -2.34. The van der Waals surface area contributed by atoms with E-state index in [4.69, 9.17) is 0 Å². The van der Waals surface area contributed by atoms with Crippen molar-refractivity contribution in [3.8, 4) is 6.07 Å². The van der Waals surface area contributed by atoms with Gasteiger partial charge in [-0.25, -0.2) is 13.1 Å². The van der Waals surface area contributed by atoms with Crippen LogP contribution < -0.4 is 10.0 Å². The molecule has 6 nitrogen and oxygen atoms in total. The van der Waals surface area contributed by atoms with Gasteiger partial charge in [0.2, 0.25) is 15.9 Å². The molecule has 0 radical (unpaired) electrons. The van der Waals surface area contributed by atoms with E-state index in [1.54, 1.807) is 12.1 Å². The molecule has 128 valence electrons. The van der Waals surface area contributed by atoms with Gasteiger partial charge < -0.3 is 5.32 Å². The van der Waals surface area contributed by atoms with E-state index in [2.05, 4.69) is 16.1 Å². The highest BCUT2D eigenvalue weighted by Crippen LogP contribution is 2.40. The molecule has 3 rings (SSSR count). The van der Waals surface area contributed by atoms with Crippen molar-refractivity contribution in [3.63, 3.8) is 0 Å². The van der Waals surface area contributed by atoms with Crippen LogP contribution in [0, 0.1) is 11.3 Å². The molecule has 1 aromatic rings. The number of carbonyl (C=O) groups is 1. The maximum Gasteiger partial charge on any atom is 0.239 e. The summed E-state index contributed by atoms with van der Waals surface area (Å²) in [6, 6.07) is 9.72. The van der Waals surface area contributed by atoms with Crippen LogP contribution in [0.3, 0.4) is 0 Å². The number of anilines is 1. The molecule has 2 N–H and O–H groups in total. The molecule has 2 aliphatic carbocycles. The predicted molar refractivity (Wildman–Crippen MR) is 90.8 cm³/mol. The first-order valence-electron chi connectivity index (χ1n) is 8.25. The van der Waals surface area contributed by atoms with Crippen LogP contribution >= 0.6 is 0 Å². The second kappa shape index (κ2) is 6.54. The van der Waals surface area contributed by atoms with Crippen LogP contribution in [-0.2, 0) is 20.2 Å². The Bertz CT molecular complexity index is 755. The van der Waals surface area contributed by atoms with Crippen LogP contribution in [0.1, 0.15) is 44.1 Å². The summed E-state index contributed by atoms with van der Waals surface area (Å²) in [4.78, 5) is 11.9. The van der Waals surface area contributed by atoms with Crippen LogP contribution in [-0.4, -0.2) is 26.1 Å². The van der Waals surface area contributed by atoms with Gasteiger partial charge in [0.25, 0.3) is 0 Å². The Hall–Kier alpha value is -1.91. The minimum atomic E-state index is -3.35. The minimum absolute atomic E-state index is 0.261. The van der Waals surface area contributed by atoms with Gasteiger partial charge in [-0.2, -0.15) is 5.26 Å². The van der Waals surface area contributed by atoms with Gasteiger partial charge in [-0.05, 0) is 43.4 Å². The van der Waals surface area contributed by atoms with Crippen molar-refractivity contribution in [1.82, 2.24) is 4.72 Å². The summed E-state index contributed by atoms with van der Waals surface area (Å²) in [5, 5.41) is 11.8. The van der Waals surface area contributed by atoms with Crippen LogP contribution in [0.2, 0.25) is 0 Å². The van der Waals surface area contributed by atoms with E-state index in [-0.39, 0.29) is 11.8 Å². The molecule has 2 saturated carbocycles. The first kappa shape index (κ1) is 16.9. The zero-order valence-corrected chi connectivity index (χ0v) is 14.2. The average molecular weight is 347 g/mol. The minimum Gasteiger partial charge on any atom is -0.325 e. The van der Waals surface area contributed by atoms with Crippen LogP contribution in [0.5, 0.6) is 0 Å². The summed E-state index contributed by atoms with van der Waals surface area (Å²) in [5.41, 5.74) is 1.18. The quantitative estimate of drug-likeness (QED) is 0.822. The Morgan fingerprint density at radius 2 is 1.83 bits per heavy atom. The summed E-state index contributed by atoms with van der Waals surface area (Å²) < 4.78 is 25.7. The van der Waals surface area contributed by atoms with Crippen LogP contribution in [0.15, 0.2) is 24.3 Å². The molecule has 0 unspecified atom stereocenters. The molecule has 24 heavy (non-hydrogen) atoms. The molecule has 2 aliphatic rings. The van der Waals surface area contributed by atoms with Crippen molar-refractivity contribution in [1.29, 1.82) is 5.26 Å². The molecule has 1 aromatic carbocycles. The number of sulfonamides is 1. The molecule has 0 bridgehead atoms. The number of carbonyl (C=O) groups excluding carboxylic acids is 1. The van der Waals surface area contributed by atoms with Crippen molar-refractivity contribution in [2.24, 2.45) is 0 Å². The average Bonchev–Trinajstić information content (AvgIpc) is 3.33. The van der Waals surface area contributed by atoms with Gasteiger partial charge in [-0.1, -0.05) is 25.0 Å². The van der Waals surface area contributed by atoms with E-state index in [1.165, 1.54) is 0 Å². The third kappa shape index (κ3) is 3.60. The molecule has 0 aromatic heterocycles. The van der Waals surface area contributed by atoms with Gasteiger partial charge in [-0.15, -0.1) is 0 Å². The maximum atomic E-state index is 11.9. The van der Waals surface area contributed by atoms with Gasteiger partial charge in [0.1, 0.15) is 0 Å². The van der Waals surface area contributed by atoms with Gasteiger partial charge >= 0.3 is 0 Å². The smallest absolute Gasteiger partial charge is 0.239 e. The number of hydrogen-bond acceptors (Lipinski definition) is 4. The molecule has 1 amide bonds. The maximum absolute atomic E-state index is 11.9. The largest absolute Gasteiger partial charge is 0.325 e. The zero-order valence-electron chi connectivity index (χ0n) is 13.4.